The van der Waals surface area contributed by atoms with Crippen molar-refractivity contribution in [1.29, 1.82) is 5.26 Å². The Bertz CT molecular complexity index is 669. The molecule has 1 aromatic rings. The van der Waals surface area contributed by atoms with Crippen LogP contribution in [0, 0.1) is 11.3 Å². The molecule has 6 nitrogen and oxygen atoms in total. The summed E-state index contributed by atoms with van der Waals surface area (Å²) >= 11 is 13.2. The number of anilines is 1. The number of halogens is 2. The van der Waals surface area contributed by atoms with Crippen molar-refractivity contribution in [3.63, 3.8) is 0 Å². The summed E-state index contributed by atoms with van der Waals surface area (Å²) in [6.45, 7) is 0. The number of benzene rings is 1. The fourth-order valence-corrected chi connectivity index (χ4v) is 2.67. The standard InChI is InChI=1S/C15H15Cl2N3O3S/c1-24-3-2-13(15(22)23)20-14(21)9(7-18)8-19-12-5-10(16)4-11(17)6-12/h4-6,8,13,19H,2-3H2,1H3,(H,20,21)(H,22,23)/b9-8-. The molecule has 1 amide bonds. The number of amides is 1. The Morgan fingerprint density at radius 2 is 2.00 bits per heavy atom. The maximum Gasteiger partial charge on any atom is 0.326 e. The molecule has 0 saturated carbocycles. The smallest absolute Gasteiger partial charge is 0.326 e. The highest BCUT2D eigenvalue weighted by Crippen LogP contribution is 2.22. The number of hydrogen-bond acceptors (Lipinski definition) is 5. The third-order valence-electron chi connectivity index (χ3n) is 2.82. The lowest BCUT2D eigenvalue weighted by Gasteiger charge is -2.13. The first-order valence-electron chi connectivity index (χ1n) is 6.73. The molecule has 0 aliphatic rings. The van der Waals surface area contributed by atoms with Crippen LogP contribution >= 0.6 is 35.0 Å². The lowest BCUT2D eigenvalue weighted by Crippen LogP contribution is -2.41. The maximum absolute atomic E-state index is 12.0. The molecule has 0 bridgehead atoms. The number of thioether (sulfide) groups is 1. The van der Waals surface area contributed by atoms with E-state index >= 15 is 0 Å². The summed E-state index contributed by atoms with van der Waals surface area (Å²) in [5, 5.41) is 24.0. The van der Waals surface area contributed by atoms with Gasteiger partial charge < -0.3 is 15.7 Å². The number of carbonyl (C=O) groups excluding carboxylic acids is 1. The van der Waals surface area contributed by atoms with Crippen molar-refractivity contribution in [2.45, 2.75) is 12.5 Å². The van der Waals surface area contributed by atoms with Gasteiger partial charge in [0, 0.05) is 21.9 Å². The van der Waals surface area contributed by atoms with Gasteiger partial charge in [0.05, 0.1) is 0 Å². The third kappa shape index (κ3) is 6.71. The summed E-state index contributed by atoms with van der Waals surface area (Å²) in [7, 11) is 0. The lowest BCUT2D eigenvalue weighted by atomic mass is 10.2. The molecule has 1 rings (SSSR count). The van der Waals surface area contributed by atoms with Crippen molar-refractivity contribution in [2.24, 2.45) is 0 Å². The molecule has 1 unspecified atom stereocenters. The second kappa shape index (κ2) is 10.1. The lowest BCUT2D eigenvalue weighted by molar-refractivity contribution is -0.141. The van der Waals surface area contributed by atoms with E-state index in [1.807, 2.05) is 6.26 Å². The van der Waals surface area contributed by atoms with Crippen LogP contribution in [0.2, 0.25) is 10.0 Å². The van der Waals surface area contributed by atoms with Crippen LogP contribution in [0.5, 0.6) is 0 Å². The van der Waals surface area contributed by atoms with Crippen LogP contribution in [-0.4, -0.2) is 35.0 Å². The van der Waals surface area contributed by atoms with Gasteiger partial charge in [-0.3, -0.25) is 4.79 Å². The fourth-order valence-electron chi connectivity index (χ4n) is 1.67. The minimum absolute atomic E-state index is 0.262. The number of carboxylic acid groups (broad SMARTS) is 1. The van der Waals surface area contributed by atoms with Crippen molar-refractivity contribution in [3.8, 4) is 6.07 Å². The maximum atomic E-state index is 12.0. The van der Waals surface area contributed by atoms with Crippen molar-refractivity contribution < 1.29 is 14.7 Å². The molecule has 0 aliphatic carbocycles. The Hall–Kier alpha value is -1.88. The Labute approximate surface area is 153 Å². The molecule has 0 radical (unpaired) electrons. The van der Waals surface area contributed by atoms with Crippen LogP contribution in [0.1, 0.15) is 6.42 Å². The van der Waals surface area contributed by atoms with Crippen LogP contribution < -0.4 is 10.6 Å². The molecule has 3 N–H and O–H groups in total. The van der Waals surface area contributed by atoms with Gasteiger partial charge in [-0.25, -0.2) is 4.79 Å². The average molecular weight is 388 g/mol. The number of nitrogens with one attached hydrogen (secondary N) is 2. The van der Waals surface area contributed by atoms with Gasteiger partial charge >= 0.3 is 5.97 Å². The number of carbonyl (C=O) groups is 2. The summed E-state index contributed by atoms with van der Waals surface area (Å²) in [6, 6.07) is 5.34. The molecule has 0 heterocycles. The summed E-state index contributed by atoms with van der Waals surface area (Å²) in [5.41, 5.74) is 0.228. The Balaban J connectivity index is 2.81. The Kier molecular flexibility index (Phi) is 8.47. The molecule has 1 aromatic carbocycles. The normalized spacial score (nSPS) is 12.2. The van der Waals surface area contributed by atoms with Gasteiger partial charge in [-0.05, 0) is 36.6 Å². The number of aliphatic carboxylic acids is 1. The fraction of sp³-hybridized carbons (Fsp3) is 0.267. The van der Waals surface area contributed by atoms with E-state index in [2.05, 4.69) is 10.6 Å². The zero-order valence-electron chi connectivity index (χ0n) is 12.7. The van der Waals surface area contributed by atoms with E-state index in [1.54, 1.807) is 24.3 Å². The third-order valence-corrected chi connectivity index (χ3v) is 3.91. The predicted octanol–water partition coefficient (Wildman–Crippen LogP) is 3.14. The van der Waals surface area contributed by atoms with Crippen LogP contribution in [0.15, 0.2) is 30.0 Å². The van der Waals surface area contributed by atoms with Gasteiger partial charge in [-0.2, -0.15) is 17.0 Å². The van der Waals surface area contributed by atoms with Crippen LogP contribution in [0.3, 0.4) is 0 Å². The summed E-state index contributed by atoms with van der Waals surface area (Å²) in [4.78, 5) is 23.2. The van der Waals surface area contributed by atoms with Crippen LogP contribution in [0.4, 0.5) is 5.69 Å². The molecule has 0 saturated heterocycles. The second-order valence-electron chi connectivity index (χ2n) is 4.62. The summed E-state index contributed by atoms with van der Waals surface area (Å²) in [6.07, 6.45) is 3.27. The highest BCUT2D eigenvalue weighted by molar-refractivity contribution is 7.98. The highest BCUT2D eigenvalue weighted by atomic mass is 35.5. The first-order chi connectivity index (χ1) is 11.4. The molecule has 0 spiro atoms. The number of carboxylic acids is 1. The molecule has 0 aliphatic heterocycles. The molecular weight excluding hydrogens is 373 g/mol. The number of rotatable bonds is 8. The van der Waals surface area contributed by atoms with Crippen LogP contribution in [0.25, 0.3) is 0 Å². The number of hydrogen-bond donors (Lipinski definition) is 3. The van der Waals surface area contributed by atoms with E-state index in [1.165, 1.54) is 18.0 Å². The van der Waals surface area contributed by atoms with Gasteiger partial charge in [0.2, 0.25) is 0 Å². The molecular formula is C15H15Cl2N3O3S. The van der Waals surface area contributed by atoms with Gasteiger partial charge in [0.1, 0.15) is 17.7 Å². The van der Waals surface area contributed by atoms with Crippen LogP contribution in [-0.2, 0) is 9.59 Å². The van der Waals surface area contributed by atoms with E-state index in [4.69, 9.17) is 33.6 Å². The van der Waals surface area contributed by atoms with Gasteiger partial charge in [-0.15, -0.1) is 0 Å². The molecule has 9 heteroatoms. The minimum atomic E-state index is -1.15. The van der Waals surface area contributed by atoms with Crippen molar-refractivity contribution in [2.75, 3.05) is 17.3 Å². The monoisotopic (exact) mass is 387 g/mol. The van der Waals surface area contributed by atoms with Gasteiger partial charge in [-0.1, -0.05) is 23.2 Å². The summed E-state index contributed by atoms with van der Waals surface area (Å²) < 4.78 is 0. The van der Waals surface area contributed by atoms with E-state index < -0.39 is 17.9 Å². The topological polar surface area (TPSA) is 102 Å². The Morgan fingerprint density at radius 3 is 2.50 bits per heavy atom. The predicted molar refractivity (Wildman–Crippen MR) is 96.3 cm³/mol. The summed E-state index contributed by atoms with van der Waals surface area (Å²) in [5.74, 6) is -1.35. The second-order valence-corrected chi connectivity index (χ2v) is 6.48. The molecule has 0 aromatic heterocycles. The number of nitriles is 1. The zero-order chi connectivity index (χ0) is 18.1. The minimum Gasteiger partial charge on any atom is -0.480 e. The SMILES string of the molecule is CSCCC(NC(=O)/C(C#N)=C\Nc1cc(Cl)cc(Cl)c1)C(=O)O. The first-order valence-corrected chi connectivity index (χ1v) is 8.88. The van der Waals surface area contributed by atoms with Gasteiger partial charge in [0.15, 0.2) is 0 Å². The Morgan fingerprint density at radius 1 is 1.38 bits per heavy atom. The largest absolute Gasteiger partial charge is 0.480 e. The van der Waals surface area contributed by atoms with Crippen molar-refractivity contribution in [3.05, 3.63) is 40.0 Å². The van der Waals surface area contributed by atoms with E-state index in [9.17, 15) is 9.59 Å². The molecule has 1 atom stereocenters. The average Bonchev–Trinajstić information content (AvgIpc) is 2.50. The number of nitrogens with zero attached hydrogens (tertiary/aromatic N) is 1. The van der Waals surface area contributed by atoms with E-state index in [-0.39, 0.29) is 12.0 Å². The van der Waals surface area contributed by atoms with Gasteiger partial charge in [0.25, 0.3) is 5.91 Å². The van der Waals surface area contributed by atoms with Crippen molar-refractivity contribution >= 4 is 52.5 Å². The van der Waals surface area contributed by atoms with Crippen molar-refractivity contribution in [1.82, 2.24) is 5.32 Å². The molecule has 128 valence electrons. The zero-order valence-corrected chi connectivity index (χ0v) is 15.0. The quantitative estimate of drug-likeness (QED) is 0.467. The highest BCUT2D eigenvalue weighted by Gasteiger charge is 2.21. The molecule has 24 heavy (non-hydrogen) atoms. The molecule has 0 fully saturated rings. The van der Waals surface area contributed by atoms with E-state index in [0.717, 1.165) is 0 Å². The first kappa shape index (κ1) is 20.2. The van der Waals surface area contributed by atoms with E-state index in [0.29, 0.717) is 21.5 Å².